The minimum absolute atomic E-state index is 0.130. The number of nitrogens with one attached hydrogen (secondary N) is 2. The maximum absolute atomic E-state index is 12.0. The number of aryl methyl sites for hydroxylation is 1. The molecule has 0 bridgehead atoms. The number of carbonyl (C=O) groups excluding carboxylic acids is 3. The fourth-order valence-electron chi connectivity index (χ4n) is 2.48. The van der Waals surface area contributed by atoms with Gasteiger partial charge in [-0.3, -0.25) is 9.59 Å². The Balaban J connectivity index is 1.80. The number of carbonyl (C=O) groups is 3. The van der Waals surface area contributed by atoms with Crippen molar-refractivity contribution in [2.75, 3.05) is 11.9 Å². The van der Waals surface area contributed by atoms with Crippen molar-refractivity contribution in [3.63, 3.8) is 0 Å². The van der Waals surface area contributed by atoms with Crippen LogP contribution in [0.4, 0.5) is 5.69 Å². The van der Waals surface area contributed by atoms with Crippen molar-refractivity contribution in [2.24, 2.45) is 0 Å². The number of hydrogen-bond acceptors (Lipinski definition) is 4. The van der Waals surface area contributed by atoms with Gasteiger partial charge >= 0.3 is 17.8 Å². The van der Waals surface area contributed by atoms with Gasteiger partial charge in [0, 0.05) is 11.7 Å². The first kappa shape index (κ1) is 20.2. The smallest absolute Gasteiger partial charge is 0.338 e. The molecule has 1 atom stereocenters. The van der Waals surface area contributed by atoms with E-state index >= 15 is 0 Å². The third kappa shape index (κ3) is 6.58. The summed E-state index contributed by atoms with van der Waals surface area (Å²) in [4.78, 5) is 35.7. The molecule has 0 spiro atoms. The molecule has 0 aliphatic carbocycles. The van der Waals surface area contributed by atoms with Crippen molar-refractivity contribution in [3.05, 3.63) is 65.7 Å². The molecular weight excluding hydrogens is 344 g/mol. The normalized spacial score (nSPS) is 11.3. The minimum Gasteiger partial charge on any atom is -0.462 e. The lowest BCUT2D eigenvalue weighted by Gasteiger charge is -2.14. The van der Waals surface area contributed by atoms with E-state index in [1.807, 2.05) is 37.3 Å². The molecule has 0 heterocycles. The Labute approximate surface area is 158 Å². The van der Waals surface area contributed by atoms with Crippen molar-refractivity contribution in [1.82, 2.24) is 5.32 Å². The molecule has 142 valence electrons. The Hall–Kier alpha value is -3.15. The van der Waals surface area contributed by atoms with Gasteiger partial charge in [-0.1, -0.05) is 30.3 Å². The lowest BCUT2D eigenvalue weighted by atomic mass is 10.1. The van der Waals surface area contributed by atoms with Crippen LogP contribution in [0.2, 0.25) is 0 Å². The van der Waals surface area contributed by atoms with E-state index in [2.05, 4.69) is 10.6 Å². The van der Waals surface area contributed by atoms with Crippen molar-refractivity contribution in [2.45, 2.75) is 32.7 Å². The highest BCUT2D eigenvalue weighted by Gasteiger charge is 2.16. The van der Waals surface area contributed by atoms with Gasteiger partial charge in [-0.05, 0) is 56.5 Å². The fraction of sp³-hybridized carbons (Fsp3) is 0.286. The van der Waals surface area contributed by atoms with E-state index in [0.29, 0.717) is 17.9 Å². The summed E-state index contributed by atoms with van der Waals surface area (Å²) in [6.45, 7) is 3.88. The Kier molecular flexibility index (Phi) is 7.55. The number of esters is 1. The molecule has 2 aromatic rings. The molecular formula is C21H24N2O4. The molecule has 2 amide bonds. The van der Waals surface area contributed by atoms with Gasteiger partial charge < -0.3 is 15.4 Å². The highest BCUT2D eigenvalue weighted by Crippen LogP contribution is 2.11. The molecule has 27 heavy (non-hydrogen) atoms. The van der Waals surface area contributed by atoms with Gasteiger partial charge in [0.25, 0.3) is 0 Å². The minimum atomic E-state index is -0.745. The van der Waals surface area contributed by atoms with Gasteiger partial charge in [0.05, 0.1) is 12.2 Å². The Bertz CT molecular complexity index is 773. The maximum Gasteiger partial charge on any atom is 0.338 e. The predicted molar refractivity (Wildman–Crippen MR) is 103 cm³/mol. The average Bonchev–Trinajstić information content (AvgIpc) is 2.68. The zero-order valence-electron chi connectivity index (χ0n) is 15.5. The van der Waals surface area contributed by atoms with Gasteiger partial charge in [-0.2, -0.15) is 0 Å². The zero-order chi connectivity index (χ0) is 19.6. The van der Waals surface area contributed by atoms with Crippen molar-refractivity contribution in [3.8, 4) is 0 Å². The summed E-state index contributed by atoms with van der Waals surface area (Å²) >= 11 is 0. The molecule has 0 unspecified atom stereocenters. The summed E-state index contributed by atoms with van der Waals surface area (Å²) in [5.74, 6) is -1.86. The first-order valence-electron chi connectivity index (χ1n) is 8.92. The van der Waals surface area contributed by atoms with E-state index in [9.17, 15) is 14.4 Å². The molecule has 0 saturated carbocycles. The summed E-state index contributed by atoms with van der Waals surface area (Å²) in [5.41, 5.74) is 2.00. The number of ether oxygens (including phenoxy) is 1. The average molecular weight is 368 g/mol. The van der Waals surface area contributed by atoms with Crippen LogP contribution in [0.25, 0.3) is 0 Å². The first-order chi connectivity index (χ1) is 13.0. The van der Waals surface area contributed by atoms with E-state index in [1.165, 1.54) is 17.7 Å². The topological polar surface area (TPSA) is 84.5 Å². The highest BCUT2D eigenvalue weighted by atomic mass is 16.5. The quantitative estimate of drug-likeness (QED) is 0.581. The second kappa shape index (κ2) is 10.1. The molecule has 0 saturated heterocycles. The molecule has 6 nitrogen and oxygen atoms in total. The predicted octanol–water partition coefficient (Wildman–Crippen LogP) is 2.94. The number of amides is 2. The largest absolute Gasteiger partial charge is 0.462 e. The van der Waals surface area contributed by atoms with E-state index in [-0.39, 0.29) is 6.04 Å². The molecule has 2 N–H and O–H groups in total. The number of anilines is 1. The highest BCUT2D eigenvalue weighted by molar-refractivity contribution is 6.39. The Morgan fingerprint density at radius 1 is 0.963 bits per heavy atom. The monoisotopic (exact) mass is 368 g/mol. The third-order valence-corrected chi connectivity index (χ3v) is 3.95. The van der Waals surface area contributed by atoms with Crippen LogP contribution in [0.1, 0.15) is 36.2 Å². The van der Waals surface area contributed by atoms with Gasteiger partial charge in [-0.25, -0.2) is 4.79 Å². The first-order valence-corrected chi connectivity index (χ1v) is 8.92. The van der Waals surface area contributed by atoms with Crippen molar-refractivity contribution in [1.29, 1.82) is 0 Å². The number of rotatable bonds is 7. The van der Waals surface area contributed by atoms with Crippen LogP contribution in [0.3, 0.4) is 0 Å². The molecule has 2 rings (SSSR count). The summed E-state index contributed by atoms with van der Waals surface area (Å²) < 4.78 is 4.90. The maximum atomic E-state index is 12.0. The van der Waals surface area contributed by atoms with Gasteiger partial charge in [0.2, 0.25) is 0 Å². The second-order valence-electron chi connectivity index (χ2n) is 6.15. The van der Waals surface area contributed by atoms with E-state index in [1.54, 1.807) is 19.1 Å². The summed E-state index contributed by atoms with van der Waals surface area (Å²) in [7, 11) is 0. The van der Waals surface area contributed by atoms with Crippen LogP contribution in [0.5, 0.6) is 0 Å². The van der Waals surface area contributed by atoms with Crippen LogP contribution in [-0.4, -0.2) is 30.4 Å². The van der Waals surface area contributed by atoms with Gasteiger partial charge in [0.1, 0.15) is 0 Å². The summed E-state index contributed by atoms with van der Waals surface area (Å²) in [5, 5.41) is 5.21. The Morgan fingerprint density at radius 3 is 2.26 bits per heavy atom. The van der Waals surface area contributed by atoms with Crippen LogP contribution >= 0.6 is 0 Å². The SMILES string of the molecule is CCOC(=O)c1ccc(NC(=O)C(=O)N[C@H](C)CCc2ccccc2)cc1. The lowest BCUT2D eigenvalue weighted by molar-refractivity contribution is -0.136. The van der Waals surface area contributed by atoms with Crippen molar-refractivity contribution < 1.29 is 19.1 Å². The molecule has 0 radical (unpaired) electrons. The molecule has 6 heteroatoms. The number of hydrogen-bond donors (Lipinski definition) is 2. The van der Waals surface area contributed by atoms with Crippen LogP contribution < -0.4 is 10.6 Å². The lowest BCUT2D eigenvalue weighted by Crippen LogP contribution is -2.40. The van der Waals surface area contributed by atoms with Crippen molar-refractivity contribution >= 4 is 23.5 Å². The summed E-state index contributed by atoms with van der Waals surface area (Å²) in [6, 6.07) is 16.0. The summed E-state index contributed by atoms with van der Waals surface area (Å²) in [6.07, 6.45) is 1.55. The Morgan fingerprint density at radius 2 is 1.63 bits per heavy atom. The third-order valence-electron chi connectivity index (χ3n) is 3.95. The zero-order valence-corrected chi connectivity index (χ0v) is 15.5. The molecule has 0 aliphatic rings. The van der Waals surface area contributed by atoms with E-state index in [4.69, 9.17) is 4.74 Å². The van der Waals surface area contributed by atoms with E-state index < -0.39 is 17.8 Å². The van der Waals surface area contributed by atoms with E-state index in [0.717, 1.165) is 12.8 Å². The molecule has 0 aliphatic heterocycles. The molecule has 0 aromatic heterocycles. The van der Waals surface area contributed by atoms with Crippen LogP contribution in [0.15, 0.2) is 54.6 Å². The van der Waals surface area contributed by atoms with Gasteiger partial charge in [0.15, 0.2) is 0 Å². The van der Waals surface area contributed by atoms with Crippen LogP contribution in [0, 0.1) is 0 Å². The van der Waals surface area contributed by atoms with Gasteiger partial charge in [-0.15, -0.1) is 0 Å². The standard InChI is InChI=1S/C21H24N2O4/c1-3-27-21(26)17-11-13-18(14-12-17)23-20(25)19(24)22-15(2)9-10-16-7-5-4-6-8-16/h4-8,11-15H,3,9-10H2,1-2H3,(H,22,24)(H,23,25)/t15-/m1/s1. The molecule has 2 aromatic carbocycles. The van der Waals surface area contributed by atoms with Crippen LogP contribution in [-0.2, 0) is 20.7 Å². The second-order valence-corrected chi connectivity index (χ2v) is 6.15. The molecule has 0 fully saturated rings. The number of benzene rings is 2. The fourth-order valence-corrected chi connectivity index (χ4v) is 2.48.